The van der Waals surface area contributed by atoms with Crippen LogP contribution >= 0.6 is 11.8 Å². The molecule has 0 saturated carbocycles. The van der Waals surface area contributed by atoms with Gasteiger partial charge in [0.15, 0.2) is 0 Å². The summed E-state index contributed by atoms with van der Waals surface area (Å²) in [7, 11) is 0. The van der Waals surface area contributed by atoms with Crippen LogP contribution in [0.1, 0.15) is 27.2 Å². The topological polar surface area (TPSA) is 0 Å². The zero-order valence-corrected chi connectivity index (χ0v) is 7.66. The molecular formula is C9H14S. The highest BCUT2D eigenvalue weighted by Gasteiger charge is 2.05. The molecule has 0 nitrogen and oxygen atoms in total. The molecule has 1 aliphatic heterocycles. The summed E-state index contributed by atoms with van der Waals surface area (Å²) in [5.41, 5.74) is 1.51. The molecule has 1 heterocycles. The molecule has 0 aliphatic carbocycles. The van der Waals surface area contributed by atoms with E-state index in [1.807, 2.05) is 11.8 Å². The minimum Gasteiger partial charge on any atom is -0.103 e. The molecule has 1 heteroatoms. The van der Waals surface area contributed by atoms with Crippen LogP contribution in [-0.2, 0) is 0 Å². The monoisotopic (exact) mass is 154 g/mol. The molecule has 10 heavy (non-hydrogen) atoms. The third-order valence-corrected chi connectivity index (χ3v) is 2.99. The van der Waals surface area contributed by atoms with E-state index in [0.29, 0.717) is 0 Å². The van der Waals surface area contributed by atoms with Crippen molar-refractivity contribution >= 4 is 11.8 Å². The van der Waals surface area contributed by atoms with Gasteiger partial charge in [-0.3, -0.25) is 0 Å². The van der Waals surface area contributed by atoms with Crippen LogP contribution in [0.5, 0.6) is 0 Å². The van der Waals surface area contributed by atoms with E-state index in [0.717, 1.165) is 5.92 Å². The predicted octanol–water partition coefficient (Wildman–Crippen LogP) is 3.57. The fourth-order valence-electron chi connectivity index (χ4n) is 0.879. The Bertz CT molecular complexity index is 177. The van der Waals surface area contributed by atoms with E-state index in [1.54, 1.807) is 0 Å². The zero-order chi connectivity index (χ0) is 7.56. The number of hydrogen-bond acceptors (Lipinski definition) is 1. The Hall–Kier alpha value is -0.170. The summed E-state index contributed by atoms with van der Waals surface area (Å²) in [5.74, 6) is 0.741. The summed E-state index contributed by atoms with van der Waals surface area (Å²) in [6.45, 7) is 6.66. The van der Waals surface area contributed by atoms with Crippen molar-refractivity contribution in [3.8, 4) is 0 Å². The molecule has 1 rings (SSSR count). The third kappa shape index (κ3) is 1.91. The second-order valence-corrected chi connectivity index (χ2v) is 4.05. The highest BCUT2D eigenvalue weighted by Crippen LogP contribution is 2.28. The molecule has 0 bridgehead atoms. The van der Waals surface area contributed by atoms with Gasteiger partial charge in [0.1, 0.15) is 0 Å². The highest BCUT2D eigenvalue weighted by atomic mass is 32.2. The molecule has 1 aliphatic rings. The first-order valence-corrected chi connectivity index (χ1v) is 4.58. The largest absolute Gasteiger partial charge is 0.103 e. The first kappa shape index (κ1) is 7.93. The molecule has 1 unspecified atom stereocenters. The Morgan fingerprint density at radius 1 is 1.50 bits per heavy atom. The van der Waals surface area contributed by atoms with E-state index >= 15 is 0 Å². The average molecular weight is 154 g/mol. The number of allylic oxidation sites excluding steroid dienone is 3. The summed E-state index contributed by atoms with van der Waals surface area (Å²) in [6, 6.07) is 0. The maximum atomic E-state index is 2.32. The van der Waals surface area contributed by atoms with Crippen LogP contribution in [0.3, 0.4) is 0 Å². The summed E-state index contributed by atoms with van der Waals surface area (Å²) in [6.07, 6.45) is 3.53. The smallest absolute Gasteiger partial charge is 0.0179 e. The van der Waals surface area contributed by atoms with Crippen LogP contribution in [0.4, 0.5) is 0 Å². The lowest BCUT2D eigenvalue weighted by atomic mass is 10.0. The predicted molar refractivity (Wildman–Crippen MR) is 48.9 cm³/mol. The second-order valence-electron chi connectivity index (χ2n) is 2.93. The Morgan fingerprint density at radius 3 is 2.90 bits per heavy atom. The van der Waals surface area contributed by atoms with E-state index in [1.165, 1.54) is 16.9 Å². The number of rotatable bonds is 0. The van der Waals surface area contributed by atoms with Gasteiger partial charge < -0.3 is 0 Å². The Labute approximate surface area is 67.4 Å². The average Bonchev–Trinajstić information content (AvgIpc) is 2.04. The van der Waals surface area contributed by atoms with Gasteiger partial charge in [0, 0.05) is 0 Å². The first-order valence-electron chi connectivity index (χ1n) is 3.70. The molecule has 0 aromatic heterocycles. The highest BCUT2D eigenvalue weighted by molar-refractivity contribution is 8.05. The molecule has 0 radical (unpaired) electrons. The van der Waals surface area contributed by atoms with Crippen LogP contribution in [0.2, 0.25) is 0 Å². The minimum atomic E-state index is 0.741. The second kappa shape index (κ2) is 3.29. The van der Waals surface area contributed by atoms with Crippen molar-refractivity contribution in [1.82, 2.24) is 0 Å². The fraction of sp³-hybridized carbons (Fsp3) is 0.556. The van der Waals surface area contributed by atoms with Crippen LogP contribution in [0.15, 0.2) is 22.0 Å². The Balaban J connectivity index is 2.69. The van der Waals surface area contributed by atoms with E-state index < -0.39 is 0 Å². The summed E-state index contributed by atoms with van der Waals surface area (Å²) < 4.78 is 0. The van der Waals surface area contributed by atoms with E-state index in [9.17, 15) is 0 Å². The van der Waals surface area contributed by atoms with Crippen LogP contribution in [0, 0.1) is 5.92 Å². The molecular weight excluding hydrogens is 140 g/mol. The summed E-state index contributed by atoms with van der Waals surface area (Å²) >= 11 is 1.85. The molecule has 0 fully saturated rings. The molecule has 0 aromatic rings. The normalized spacial score (nSPS) is 26.9. The van der Waals surface area contributed by atoms with Gasteiger partial charge in [0.25, 0.3) is 0 Å². The van der Waals surface area contributed by atoms with E-state index in [2.05, 4.69) is 32.3 Å². The fourth-order valence-corrected chi connectivity index (χ4v) is 1.68. The van der Waals surface area contributed by atoms with Gasteiger partial charge in [-0.25, -0.2) is 0 Å². The number of hydrogen-bond donors (Lipinski definition) is 0. The van der Waals surface area contributed by atoms with Crippen molar-refractivity contribution in [2.45, 2.75) is 27.2 Å². The van der Waals surface area contributed by atoms with Gasteiger partial charge in [-0.15, -0.1) is 11.8 Å². The van der Waals surface area contributed by atoms with Crippen molar-refractivity contribution in [2.75, 3.05) is 0 Å². The minimum absolute atomic E-state index is 0.741. The van der Waals surface area contributed by atoms with Crippen LogP contribution in [0.25, 0.3) is 0 Å². The lowest BCUT2D eigenvalue weighted by molar-refractivity contribution is 0.697. The molecule has 0 aromatic carbocycles. The molecule has 0 N–H and O–H groups in total. The standard InChI is InChI=1S/C9H14S/c1-7-4-5-9(3)10-6-8(7)2/h5-7H,4H2,1-3H3. The van der Waals surface area contributed by atoms with Gasteiger partial charge in [0.05, 0.1) is 0 Å². The molecule has 0 saturated heterocycles. The summed E-state index contributed by atoms with van der Waals surface area (Å²) in [5, 5.41) is 2.27. The van der Waals surface area contributed by atoms with Gasteiger partial charge >= 0.3 is 0 Å². The maximum Gasteiger partial charge on any atom is -0.0179 e. The van der Waals surface area contributed by atoms with Crippen molar-refractivity contribution in [3.63, 3.8) is 0 Å². The first-order chi connectivity index (χ1) is 4.70. The Kier molecular flexibility index (Phi) is 2.61. The summed E-state index contributed by atoms with van der Waals surface area (Å²) in [4.78, 5) is 1.43. The molecule has 0 spiro atoms. The SMILES string of the molecule is CC1=CCC(C)C(C)=CS1. The molecule has 1 atom stereocenters. The zero-order valence-electron chi connectivity index (χ0n) is 6.85. The van der Waals surface area contributed by atoms with Gasteiger partial charge in [0.2, 0.25) is 0 Å². The van der Waals surface area contributed by atoms with Crippen LogP contribution < -0.4 is 0 Å². The maximum absolute atomic E-state index is 2.32. The lowest BCUT2D eigenvalue weighted by Gasteiger charge is -2.05. The van der Waals surface area contributed by atoms with Crippen LogP contribution in [-0.4, -0.2) is 0 Å². The Morgan fingerprint density at radius 2 is 2.20 bits per heavy atom. The quantitative estimate of drug-likeness (QED) is 0.514. The molecule has 56 valence electrons. The van der Waals surface area contributed by atoms with Gasteiger partial charge in [-0.1, -0.05) is 18.6 Å². The van der Waals surface area contributed by atoms with Gasteiger partial charge in [-0.2, -0.15) is 0 Å². The third-order valence-electron chi connectivity index (χ3n) is 1.97. The van der Waals surface area contributed by atoms with Gasteiger partial charge in [-0.05, 0) is 36.5 Å². The van der Waals surface area contributed by atoms with Crippen molar-refractivity contribution in [3.05, 3.63) is 22.0 Å². The van der Waals surface area contributed by atoms with Crippen molar-refractivity contribution in [2.24, 2.45) is 5.92 Å². The van der Waals surface area contributed by atoms with E-state index in [-0.39, 0.29) is 0 Å². The van der Waals surface area contributed by atoms with Crippen molar-refractivity contribution in [1.29, 1.82) is 0 Å². The lowest BCUT2D eigenvalue weighted by Crippen LogP contribution is -1.91. The van der Waals surface area contributed by atoms with Crippen molar-refractivity contribution < 1.29 is 0 Å². The number of thioether (sulfide) groups is 1. The molecule has 0 amide bonds. The van der Waals surface area contributed by atoms with E-state index in [4.69, 9.17) is 0 Å².